The van der Waals surface area contributed by atoms with Crippen LogP contribution in [0.15, 0.2) is 206 Å². The van der Waals surface area contributed by atoms with E-state index >= 15 is 0 Å². The minimum absolute atomic E-state index is 0.148. The van der Waals surface area contributed by atoms with E-state index < -0.39 is 0 Å². The Morgan fingerprint density at radius 1 is 0.338 bits per heavy atom. The van der Waals surface area contributed by atoms with Crippen molar-refractivity contribution in [1.82, 2.24) is 19.9 Å². The van der Waals surface area contributed by atoms with E-state index in [4.69, 9.17) is 19.9 Å². The summed E-state index contributed by atoms with van der Waals surface area (Å²) in [4.78, 5) is 21.7. The third kappa shape index (κ3) is 5.84. The van der Waals surface area contributed by atoms with Crippen LogP contribution in [0, 0.1) is 0 Å². The number of aromatic nitrogens is 4. The van der Waals surface area contributed by atoms with Crippen LogP contribution in [0.3, 0.4) is 0 Å². The molecule has 0 unspecified atom stereocenters. The van der Waals surface area contributed by atoms with Crippen LogP contribution < -0.4 is 0 Å². The molecular weight excluding hydrogens is 789 g/mol. The predicted molar refractivity (Wildman–Crippen MR) is 270 cm³/mol. The monoisotopic (exact) mass is 828 g/mol. The van der Waals surface area contributed by atoms with Crippen LogP contribution in [-0.2, 0) is 5.41 Å². The third-order valence-corrected chi connectivity index (χ3v) is 13.7. The number of benzene rings is 10. The fraction of sp³-hybridized carbons (Fsp3) is 0.0492. The van der Waals surface area contributed by atoms with Gasteiger partial charge in [0, 0.05) is 38.4 Å². The molecule has 0 amide bonds. The zero-order valence-corrected chi connectivity index (χ0v) is 35.9. The lowest BCUT2D eigenvalue weighted by Gasteiger charge is -2.21. The van der Waals surface area contributed by atoms with E-state index in [-0.39, 0.29) is 5.41 Å². The summed E-state index contributed by atoms with van der Waals surface area (Å²) in [6, 6.07) is 71.6. The normalized spacial score (nSPS) is 12.9. The summed E-state index contributed by atoms with van der Waals surface area (Å²) in [5.41, 5.74) is 15.4. The van der Waals surface area contributed by atoms with Crippen LogP contribution in [0.25, 0.3) is 122 Å². The van der Waals surface area contributed by atoms with Crippen LogP contribution in [0.5, 0.6) is 0 Å². The van der Waals surface area contributed by atoms with Crippen molar-refractivity contribution in [2.24, 2.45) is 0 Å². The Morgan fingerprint density at radius 3 is 1.69 bits per heavy atom. The Balaban J connectivity index is 1.10. The molecule has 1 aliphatic rings. The minimum atomic E-state index is -0.148. The molecule has 2 aromatic heterocycles. The molecule has 12 aromatic rings. The number of hydrogen-bond donors (Lipinski definition) is 0. The standard InChI is InChI=1S/C61H40N4/c1-61(2)52-29-15-14-27-49(52)57-50(28-16-30-53(57)61)55-35-54(37-17-4-3-5-18-37)64-60(65-55)41-32-39(51-34-38-19-6-7-20-42(38)43-21-8-9-24-46(43)51)31-40(33-41)56-36-62-58-47-25-12-10-22-44(47)45-23-11-13-26-48(45)59(58)63-56/h3-36H,1-2H3. The zero-order valence-electron chi connectivity index (χ0n) is 35.9. The molecular formula is C61H40N4. The number of hydrogen-bond acceptors (Lipinski definition) is 4. The maximum Gasteiger partial charge on any atom is 0.160 e. The molecule has 0 bridgehead atoms. The first-order valence-corrected chi connectivity index (χ1v) is 22.3. The van der Waals surface area contributed by atoms with Crippen LogP contribution in [-0.4, -0.2) is 19.9 Å². The molecule has 2 heterocycles. The molecule has 4 heteroatoms. The van der Waals surface area contributed by atoms with Crippen LogP contribution in [0.2, 0.25) is 0 Å². The van der Waals surface area contributed by atoms with Gasteiger partial charge in [-0.25, -0.2) is 15.0 Å². The van der Waals surface area contributed by atoms with E-state index in [0.29, 0.717) is 5.82 Å². The second-order valence-electron chi connectivity index (χ2n) is 17.8. The van der Waals surface area contributed by atoms with Gasteiger partial charge in [0.15, 0.2) is 5.82 Å². The number of fused-ring (bicyclic) bond motifs is 12. The molecule has 65 heavy (non-hydrogen) atoms. The summed E-state index contributed by atoms with van der Waals surface area (Å²) < 4.78 is 0. The summed E-state index contributed by atoms with van der Waals surface area (Å²) >= 11 is 0. The average Bonchev–Trinajstić information content (AvgIpc) is 3.61. The smallest absolute Gasteiger partial charge is 0.160 e. The zero-order chi connectivity index (χ0) is 43.2. The van der Waals surface area contributed by atoms with Crippen molar-refractivity contribution in [1.29, 1.82) is 0 Å². The van der Waals surface area contributed by atoms with Crippen LogP contribution in [0.1, 0.15) is 25.0 Å². The molecule has 0 atom stereocenters. The van der Waals surface area contributed by atoms with Crippen LogP contribution >= 0.6 is 0 Å². The molecule has 4 nitrogen and oxygen atoms in total. The largest absolute Gasteiger partial charge is 0.252 e. The van der Waals surface area contributed by atoms with E-state index in [0.717, 1.165) is 77.7 Å². The molecule has 304 valence electrons. The van der Waals surface area contributed by atoms with Crippen molar-refractivity contribution in [2.75, 3.05) is 0 Å². The predicted octanol–water partition coefficient (Wildman–Crippen LogP) is 15.7. The van der Waals surface area contributed by atoms with Gasteiger partial charge in [-0.1, -0.05) is 184 Å². The summed E-state index contributed by atoms with van der Waals surface area (Å²) in [5.74, 6) is 0.642. The van der Waals surface area contributed by atoms with Gasteiger partial charge in [0.1, 0.15) is 0 Å². The molecule has 0 aliphatic heterocycles. The van der Waals surface area contributed by atoms with Gasteiger partial charge in [-0.15, -0.1) is 0 Å². The lowest BCUT2D eigenvalue weighted by molar-refractivity contribution is 0.660. The highest BCUT2D eigenvalue weighted by Crippen LogP contribution is 2.52. The van der Waals surface area contributed by atoms with Crippen molar-refractivity contribution in [3.8, 4) is 67.4 Å². The van der Waals surface area contributed by atoms with Crippen molar-refractivity contribution in [3.05, 3.63) is 218 Å². The van der Waals surface area contributed by atoms with E-state index in [2.05, 4.69) is 214 Å². The molecule has 0 N–H and O–H groups in total. The Morgan fingerprint density at radius 2 is 0.908 bits per heavy atom. The summed E-state index contributed by atoms with van der Waals surface area (Å²) in [5, 5.41) is 9.31. The van der Waals surface area contributed by atoms with Crippen LogP contribution in [0.4, 0.5) is 0 Å². The van der Waals surface area contributed by atoms with Gasteiger partial charge in [-0.05, 0) is 96.0 Å². The Bertz CT molecular complexity index is 3890. The topological polar surface area (TPSA) is 51.6 Å². The van der Waals surface area contributed by atoms with Gasteiger partial charge in [-0.2, -0.15) is 0 Å². The fourth-order valence-corrected chi connectivity index (χ4v) is 10.6. The van der Waals surface area contributed by atoms with E-state index in [1.165, 1.54) is 49.2 Å². The van der Waals surface area contributed by atoms with E-state index in [1.54, 1.807) is 0 Å². The molecule has 0 fully saturated rings. The summed E-state index contributed by atoms with van der Waals surface area (Å²) in [7, 11) is 0. The van der Waals surface area contributed by atoms with E-state index in [9.17, 15) is 0 Å². The van der Waals surface area contributed by atoms with Crippen molar-refractivity contribution in [2.45, 2.75) is 19.3 Å². The van der Waals surface area contributed by atoms with Gasteiger partial charge in [0.2, 0.25) is 0 Å². The molecule has 10 aromatic carbocycles. The van der Waals surface area contributed by atoms with Gasteiger partial charge < -0.3 is 0 Å². The van der Waals surface area contributed by atoms with Gasteiger partial charge in [-0.3, -0.25) is 4.98 Å². The minimum Gasteiger partial charge on any atom is -0.252 e. The average molecular weight is 829 g/mol. The first kappa shape index (κ1) is 37.2. The lowest BCUT2D eigenvalue weighted by atomic mass is 9.82. The molecule has 0 saturated carbocycles. The molecule has 0 spiro atoms. The summed E-state index contributed by atoms with van der Waals surface area (Å²) in [6.45, 7) is 4.65. The van der Waals surface area contributed by atoms with Crippen molar-refractivity contribution < 1.29 is 0 Å². The van der Waals surface area contributed by atoms with Crippen molar-refractivity contribution in [3.63, 3.8) is 0 Å². The Hall–Kier alpha value is -8.34. The molecule has 1 aliphatic carbocycles. The lowest BCUT2D eigenvalue weighted by Crippen LogP contribution is -2.14. The number of nitrogens with zero attached hydrogens (tertiary/aromatic N) is 4. The first-order chi connectivity index (χ1) is 32.0. The molecule has 0 saturated heterocycles. The first-order valence-electron chi connectivity index (χ1n) is 22.3. The second-order valence-corrected chi connectivity index (χ2v) is 17.8. The maximum atomic E-state index is 5.56. The quantitative estimate of drug-likeness (QED) is 0.162. The van der Waals surface area contributed by atoms with E-state index in [1.807, 2.05) is 6.20 Å². The Kier molecular flexibility index (Phi) is 8.22. The Labute approximate surface area is 376 Å². The second kappa shape index (κ2) is 14.3. The maximum absolute atomic E-state index is 5.56. The van der Waals surface area contributed by atoms with Gasteiger partial charge >= 0.3 is 0 Å². The highest BCUT2D eigenvalue weighted by atomic mass is 14.9. The SMILES string of the molecule is CC1(C)c2ccccc2-c2c(-c3cc(-c4ccccc4)nc(-c4cc(-c5cnc6c7ccccc7c7ccccc7c6n5)cc(-c5cc6ccccc6c6ccccc56)c4)n3)cccc21. The highest BCUT2D eigenvalue weighted by molar-refractivity contribution is 6.23. The summed E-state index contributed by atoms with van der Waals surface area (Å²) in [6.07, 6.45) is 1.93. The molecule has 0 radical (unpaired) electrons. The third-order valence-electron chi connectivity index (χ3n) is 13.7. The van der Waals surface area contributed by atoms with Gasteiger partial charge in [0.25, 0.3) is 0 Å². The highest BCUT2D eigenvalue weighted by Gasteiger charge is 2.37. The molecule has 13 rings (SSSR count). The van der Waals surface area contributed by atoms with Gasteiger partial charge in [0.05, 0.1) is 34.3 Å². The van der Waals surface area contributed by atoms with Crippen molar-refractivity contribution >= 4 is 54.1 Å². The fourth-order valence-electron chi connectivity index (χ4n) is 10.6. The number of rotatable bonds is 5.